The fraction of sp³-hybridized carbons (Fsp3) is 0.105. The van der Waals surface area contributed by atoms with Crippen LogP contribution in [-0.2, 0) is 22.6 Å². The van der Waals surface area contributed by atoms with E-state index in [1.54, 1.807) is 0 Å². The third-order valence-electron chi connectivity index (χ3n) is 3.78. The molecule has 0 aliphatic carbocycles. The van der Waals surface area contributed by atoms with Gasteiger partial charge in [-0.2, -0.15) is 4.98 Å². The highest BCUT2D eigenvalue weighted by atomic mass is 32.1. The molecule has 0 aliphatic rings. The van der Waals surface area contributed by atoms with Crippen molar-refractivity contribution in [1.82, 2.24) is 10.1 Å². The Morgan fingerprint density at radius 2 is 1.96 bits per heavy atom. The smallest absolute Gasteiger partial charge is 0.310 e. The number of fused-ring (bicyclic) bond motifs is 1. The Morgan fingerprint density at radius 1 is 1.08 bits per heavy atom. The Balaban J connectivity index is 1.41. The van der Waals surface area contributed by atoms with E-state index in [0.29, 0.717) is 5.82 Å². The van der Waals surface area contributed by atoms with Crippen molar-refractivity contribution in [3.63, 3.8) is 0 Å². The number of carbonyl (C=O) groups is 1. The summed E-state index contributed by atoms with van der Waals surface area (Å²) in [6.07, 6.45) is 0.202. The van der Waals surface area contributed by atoms with Gasteiger partial charge in [0.05, 0.1) is 11.3 Å². The standard InChI is InChI=1S/C19H14N2O3S/c22-18(11-14-7-3-6-13-5-1-2-8-15(13)14)23-12-17-20-19(21-24-17)16-9-4-10-25-16/h1-10H,11-12H2. The van der Waals surface area contributed by atoms with Gasteiger partial charge in [-0.15, -0.1) is 11.3 Å². The molecule has 0 N–H and O–H groups in total. The molecule has 5 nitrogen and oxygen atoms in total. The summed E-state index contributed by atoms with van der Waals surface area (Å²) in [5, 5.41) is 7.99. The SMILES string of the molecule is O=C(Cc1cccc2ccccc12)OCc1nc(-c2cccs2)no1. The van der Waals surface area contributed by atoms with E-state index in [0.717, 1.165) is 21.2 Å². The Hall–Kier alpha value is -2.99. The maximum atomic E-state index is 12.2. The van der Waals surface area contributed by atoms with Crippen LogP contribution in [0.1, 0.15) is 11.5 Å². The van der Waals surface area contributed by atoms with E-state index < -0.39 is 0 Å². The lowest BCUT2D eigenvalue weighted by Crippen LogP contribution is -2.08. The summed E-state index contributed by atoms with van der Waals surface area (Å²) in [4.78, 5) is 17.3. The van der Waals surface area contributed by atoms with Gasteiger partial charge in [0, 0.05) is 0 Å². The van der Waals surface area contributed by atoms with Gasteiger partial charge in [-0.05, 0) is 27.8 Å². The van der Waals surface area contributed by atoms with E-state index in [1.165, 1.54) is 11.3 Å². The molecule has 6 heteroatoms. The average molecular weight is 350 g/mol. The molecule has 4 rings (SSSR count). The molecule has 0 amide bonds. The monoisotopic (exact) mass is 350 g/mol. The normalized spacial score (nSPS) is 10.9. The second-order valence-corrected chi connectivity index (χ2v) is 6.41. The third kappa shape index (κ3) is 3.44. The minimum atomic E-state index is -0.327. The van der Waals surface area contributed by atoms with Crippen LogP contribution in [0.4, 0.5) is 0 Å². The highest BCUT2D eigenvalue weighted by Crippen LogP contribution is 2.22. The van der Waals surface area contributed by atoms with Crippen molar-refractivity contribution in [2.24, 2.45) is 0 Å². The molecule has 2 heterocycles. The number of hydrogen-bond donors (Lipinski definition) is 0. The van der Waals surface area contributed by atoms with E-state index in [-0.39, 0.29) is 24.9 Å². The molecule has 0 bridgehead atoms. The predicted molar refractivity (Wildman–Crippen MR) is 95.1 cm³/mol. The molecule has 124 valence electrons. The van der Waals surface area contributed by atoms with Gasteiger partial charge in [0.25, 0.3) is 5.89 Å². The number of carbonyl (C=O) groups excluding carboxylic acids is 1. The molecule has 0 unspecified atom stereocenters. The zero-order valence-electron chi connectivity index (χ0n) is 13.2. The van der Waals surface area contributed by atoms with Gasteiger partial charge >= 0.3 is 5.97 Å². The van der Waals surface area contributed by atoms with Gasteiger partial charge in [0.15, 0.2) is 6.61 Å². The average Bonchev–Trinajstić information content (AvgIpc) is 3.32. The van der Waals surface area contributed by atoms with Crippen molar-refractivity contribution >= 4 is 28.1 Å². The van der Waals surface area contributed by atoms with Crippen LogP contribution in [0.25, 0.3) is 21.5 Å². The fourth-order valence-corrected chi connectivity index (χ4v) is 3.26. The van der Waals surface area contributed by atoms with Crippen LogP contribution >= 0.6 is 11.3 Å². The largest absolute Gasteiger partial charge is 0.455 e. The van der Waals surface area contributed by atoms with Gasteiger partial charge in [-0.25, -0.2) is 0 Å². The van der Waals surface area contributed by atoms with Crippen LogP contribution in [0.2, 0.25) is 0 Å². The Morgan fingerprint density at radius 3 is 2.84 bits per heavy atom. The second-order valence-electron chi connectivity index (χ2n) is 5.46. The number of aromatic nitrogens is 2. The number of hydrogen-bond acceptors (Lipinski definition) is 6. The first-order chi connectivity index (χ1) is 12.3. The molecule has 0 saturated carbocycles. The minimum Gasteiger partial charge on any atom is -0.455 e. The molecule has 0 aliphatic heterocycles. The molecule has 2 aromatic heterocycles. The molecule has 0 radical (unpaired) electrons. The molecule has 0 atom stereocenters. The third-order valence-corrected chi connectivity index (χ3v) is 4.65. The van der Waals surface area contributed by atoms with Crippen LogP contribution in [0, 0.1) is 0 Å². The summed E-state index contributed by atoms with van der Waals surface area (Å²) < 4.78 is 10.4. The number of nitrogens with zero attached hydrogens (tertiary/aromatic N) is 2. The van der Waals surface area contributed by atoms with Crippen LogP contribution in [0.15, 0.2) is 64.5 Å². The van der Waals surface area contributed by atoms with E-state index in [2.05, 4.69) is 10.1 Å². The minimum absolute atomic E-state index is 0.0258. The van der Waals surface area contributed by atoms with Gasteiger partial charge in [0.2, 0.25) is 5.82 Å². The maximum absolute atomic E-state index is 12.2. The molecular formula is C19H14N2O3S. The predicted octanol–water partition coefficient (Wildman–Crippen LogP) is 4.24. The number of ether oxygens (including phenoxy) is 1. The summed E-state index contributed by atoms with van der Waals surface area (Å²) in [5.74, 6) is 0.469. The van der Waals surface area contributed by atoms with Crippen molar-refractivity contribution in [2.45, 2.75) is 13.0 Å². The highest BCUT2D eigenvalue weighted by Gasteiger charge is 2.13. The summed E-state index contributed by atoms with van der Waals surface area (Å²) in [6, 6.07) is 17.7. The van der Waals surface area contributed by atoms with Gasteiger partial charge < -0.3 is 9.26 Å². The van der Waals surface area contributed by atoms with Crippen molar-refractivity contribution in [3.8, 4) is 10.7 Å². The molecule has 4 aromatic rings. The second kappa shape index (κ2) is 6.86. The molecule has 0 saturated heterocycles. The first kappa shape index (κ1) is 15.5. The maximum Gasteiger partial charge on any atom is 0.310 e. The van der Waals surface area contributed by atoms with E-state index in [9.17, 15) is 4.79 Å². The molecular weight excluding hydrogens is 336 g/mol. The molecule has 0 spiro atoms. The van der Waals surface area contributed by atoms with E-state index in [1.807, 2.05) is 60.0 Å². The lowest BCUT2D eigenvalue weighted by Gasteiger charge is -2.06. The number of benzene rings is 2. The Bertz CT molecular complexity index is 1000. The van der Waals surface area contributed by atoms with Crippen molar-refractivity contribution in [3.05, 3.63) is 71.4 Å². The van der Waals surface area contributed by atoms with Crippen LogP contribution < -0.4 is 0 Å². The van der Waals surface area contributed by atoms with Gasteiger partial charge in [0.1, 0.15) is 0 Å². The van der Waals surface area contributed by atoms with Crippen LogP contribution in [-0.4, -0.2) is 16.1 Å². The Kier molecular flexibility index (Phi) is 4.26. The topological polar surface area (TPSA) is 65.2 Å². The van der Waals surface area contributed by atoms with E-state index >= 15 is 0 Å². The first-order valence-corrected chi connectivity index (χ1v) is 8.66. The summed E-state index contributed by atoms with van der Waals surface area (Å²) in [6.45, 7) is -0.0258. The molecule has 0 fully saturated rings. The van der Waals surface area contributed by atoms with Gasteiger partial charge in [-0.3, -0.25) is 4.79 Å². The lowest BCUT2D eigenvalue weighted by atomic mass is 10.0. The number of esters is 1. The zero-order chi connectivity index (χ0) is 17.1. The van der Waals surface area contributed by atoms with E-state index in [4.69, 9.17) is 9.26 Å². The lowest BCUT2D eigenvalue weighted by molar-refractivity contribution is -0.144. The number of rotatable bonds is 5. The quantitative estimate of drug-likeness (QED) is 0.504. The van der Waals surface area contributed by atoms with Crippen molar-refractivity contribution < 1.29 is 14.1 Å². The zero-order valence-corrected chi connectivity index (χ0v) is 14.0. The van der Waals surface area contributed by atoms with Crippen molar-refractivity contribution in [2.75, 3.05) is 0 Å². The first-order valence-electron chi connectivity index (χ1n) is 7.78. The van der Waals surface area contributed by atoms with Crippen LogP contribution in [0.5, 0.6) is 0 Å². The summed E-state index contributed by atoms with van der Waals surface area (Å²) in [5.41, 5.74) is 0.938. The fourth-order valence-electron chi connectivity index (χ4n) is 2.61. The number of thiophene rings is 1. The highest BCUT2D eigenvalue weighted by molar-refractivity contribution is 7.13. The Labute approximate surface area is 147 Å². The van der Waals surface area contributed by atoms with Crippen LogP contribution in [0.3, 0.4) is 0 Å². The van der Waals surface area contributed by atoms with Crippen molar-refractivity contribution in [1.29, 1.82) is 0 Å². The summed E-state index contributed by atoms with van der Waals surface area (Å²) >= 11 is 1.52. The molecule has 25 heavy (non-hydrogen) atoms. The summed E-state index contributed by atoms with van der Waals surface area (Å²) in [7, 11) is 0. The molecule has 2 aromatic carbocycles. The van der Waals surface area contributed by atoms with Gasteiger partial charge in [-0.1, -0.05) is 53.7 Å².